The molecule has 0 bridgehead atoms. The molecular weight excluding hydrogens is 507 g/mol. The van der Waals surface area contributed by atoms with E-state index in [2.05, 4.69) is 4.90 Å². The van der Waals surface area contributed by atoms with Crippen LogP contribution in [-0.4, -0.2) is 81.0 Å². The van der Waals surface area contributed by atoms with E-state index in [9.17, 15) is 34.8 Å². The molecule has 198 valence electrons. The van der Waals surface area contributed by atoms with Gasteiger partial charge in [-0.3, -0.25) is 9.69 Å². The van der Waals surface area contributed by atoms with E-state index < -0.39 is 43.7 Å². The smallest absolute Gasteiger partial charge is 0.339 e. The first-order valence-corrected chi connectivity index (χ1v) is 15.2. The summed E-state index contributed by atoms with van der Waals surface area (Å²) in [5, 5.41) is 0. The molecule has 13 heteroatoms. The number of hydrogen-bond acceptors (Lipinski definition) is 6. The quantitative estimate of drug-likeness (QED) is 0.529. The number of sulfonamides is 2. The van der Waals surface area contributed by atoms with Crippen molar-refractivity contribution in [1.29, 1.82) is 0 Å². The molecule has 1 amide bonds. The lowest BCUT2D eigenvalue weighted by molar-refractivity contribution is -0.137. The Bertz CT molecular complexity index is 1090. The van der Waals surface area contributed by atoms with Crippen LogP contribution < -0.4 is 0 Å². The van der Waals surface area contributed by atoms with Crippen LogP contribution in [0.4, 0.5) is 13.2 Å². The fourth-order valence-corrected chi connectivity index (χ4v) is 8.39. The van der Waals surface area contributed by atoms with Crippen molar-refractivity contribution in [2.45, 2.75) is 62.8 Å². The fourth-order valence-electron chi connectivity index (χ4n) is 5.24. The summed E-state index contributed by atoms with van der Waals surface area (Å²) < 4.78 is 89.7. The maximum atomic E-state index is 13.8. The first-order chi connectivity index (χ1) is 16.1. The maximum Gasteiger partial charge on any atom is 0.416 e. The highest BCUT2D eigenvalue weighted by atomic mass is 32.3. The van der Waals surface area contributed by atoms with E-state index in [-0.39, 0.29) is 21.4 Å². The maximum absolute atomic E-state index is 13.8. The van der Waals surface area contributed by atoms with Crippen LogP contribution in [0.3, 0.4) is 0 Å². The predicted octanol–water partition coefficient (Wildman–Crippen LogP) is 2.83. The largest absolute Gasteiger partial charge is 0.416 e. The summed E-state index contributed by atoms with van der Waals surface area (Å²) >= 11 is 0. The molecule has 2 fully saturated rings. The van der Waals surface area contributed by atoms with Crippen molar-refractivity contribution in [1.82, 2.24) is 13.5 Å². The minimum Gasteiger partial charge on any atom is -0.339 e. The topological polar surface area (TPSA) is 95.1 Å². The third kappa shape index (κ3) is 6.36. The summed E-state index contributed by atoms with van der Waals surface area (Å²) in [7, 11) is -7.45. The van der Waals surface area contributed by atoms with Crippen LogP contribution in [0, 0.1) is 0 Å². The Morgan fingerprint density at radius 2 is 1.46 bits per heavy atom. The van der Waals surface area contributed by atoms with Gasteiger partial charge in [0.2, 0.25) is 26.0 Å². The number of carbonyl (C=O) groups is 1. The molecule has 1 saturated carbocycles. The molecule has 0 radical (unpaired) electrons. The Labute approximate surface area is 205 Å². The van der Waals surface area contributed by atoms with Gasteiger partial charge in [-0.2, -0.15) is 13.2 Å². The number of carbonyl (C=O) groups excluding carboxylic acids is 1. The van der Waals surface area contributed by atoms with Crippen molar-refractivity contribution >= 4 is 26.0 Å². The van der Waals surface area contributed by atoms with Crippen LogP contribution in [0.1, 0.15) is 55.7 Å². The minimum absolute atomic E-state index is 0.0540. The molecule has 0 spiro atoms. The van der Waals surface area contributed by atoms with Crippen molar-refractivity contribution in [2.24, 2.45) is 0 Å². The van der Waals surface area contributed by atoms with Crippen molar-refractivity contribution < 1.29 is 34.8 Å². The third-order valence-electron chi connectivity index (χ3n) is 6.80. The Hall–Kier alpha value is -1.70. The first-order valence-electron chi connectivity index (χ1n) is 11.5. The van der Waals surface area contributed by atoms with Crippen molar-refractivity contribution in [3.63, 3.8) is 0 Å². The van der Waals surface area contributed by atoms with E-state index in [4.69, 9.17) is 0 Å². The van der Waals surface area contributed by atoms with Gasteiger partial charge in [0, 0.05) is 19.1 Å². The Morgan fingerprint density at radius 1 is 0.943 bits per heavy atom. The summed E-state index contributed by atoms with van der Waals surface area (Å²) in [6.07, 6.45) is 2.14. The molecule has 0 N–H and O–H groups in total. The van der Waals surface area contributed by atoms with Crippen LogP contribution in [0.5, 0.6) is 0 Å². The number of likely N-dealkylation sites (N-methyl/N-ethyl adjacent to an activating group) is 1. The number of rotatable bonds is 7. The second kappa shape index (κ2) is 10.3. The molecule has 1 aliphatic carbocycles. The van der Waals surface area contributed by atoms with Crippen LogP contribution >= 0.6 is 0 Å². The lowest BCUT2D eigenvalue weighted by Gasteiger charge is -2.44. The van der Waals surface area contributed by atoms with Gasteiger partial charge in [-0.1, -0.05) is 28.7 Å². The summed E-state index contributed by atoms with van der Waals surface area (Å²) in [6, 6.07) is 1.28. The molecule has 35 heavy (non-hydrogen) atoms. The SMILES string of the molecule is CN(C(=O)C(c1ccc(C(F)(F)F)cc1)N(S(C)(=O)=O)S(C)(=O)=O)[C@@H]1CCCC[C@H]1N1CCCC1. The lowest BCUT2D eigenvalue weighted by atomic mass is 9.87. The molecule has 2 aliphatic rings. The molecule has 1 heterocycles. The first kappa shape index (κ1) is 27.9. The van der Waals surface area contributed by atoms with Gasteiger partial charge >= 0.3 is 6.18 Å². The van der Waals surface area contributed by atoms with Crippen LogP contribution in [0.2, 0.25) is 0 Å². The predicted molar refractivity (Wildman–Crippen MR) is 125 cm³/mol. The lowest BCUT2D eigenvalue weighted by Crippen LogP contribution is -2.56. The van der Waals surface area contributed by atoms with Gasteiger partial charge in [0.1, 0.15) is 6.04 Å². The molecule has 1 saturated heterocycles. The van der Waals surface area contributed by atoms with Crippen LogP contribution in [0.15, 0.2) is 24.3 Å². The van der Waals surface area contributed by atoms with Gasteiger partial charge in [-0.15, -0.1) is 0 Å². The standard InChI is InChI=1S/C22H32F3N3O5S2/c1-26(18-8-4-5-9-19(18)27-14-6-7-15-27)21(29)20(28(34(2,30)31)35(3,32)33)16-10-12-17(13-11-16)22(23,24)25/h10-13,18-20H,4-9,14-15H2,1-3H3/t18-,19-,20?/m1/s1. The number of hydrogen-bond donors (Lipinski definition) is 0. The summed E-state index contributed by atoms with van der Waals surface area (Å²) in [5.74, 6) is -0.795. The number of nitrogens with zero attached hydrogens (tertiary/aromatic N) is 3. The molecule has 1 aliphatic heterocycles. The zero-order valence-corrected chi connectivity index (χ0v) is 21.7. The second-order valence-corrected chi connectivity index (χ2v) is 13.3. The number of benzene rings is 1. The van der Waals surface area contributed by atoms with Crippen molar-refractivity contribution in [3.8, 4) is 0 Å². The Balaban J connectivity index is 2.06. The third-order valence-corrected chi connectivity index (χ3v) is 10.2. The monoisotopic (exact) mass is 539 g/mol. The van der Waals surface area contributed by atoms with E-state index in [0.29, 0.717) is 31.1 Å². The molecule has 3 atom stereocenters. The van der Waals surface area contributed by atoms with Gasteiger partial charge < -0.3 is 4.90 Å². The normalized spacial score (nSPS) is 23.4. The fraction of sp³-hybridized carbons (Fsp3) is 0.682. The molecular formula is C22H32F3N3O5S2. The molecule has 3 rings (SSSR count). The summed E-state index contributed by atoms with van der Waals surface area (Å²) in [6.45, 7) is 1.79. The summed E-state index contributed by atoms with van der Waals surface area (Å²) in [5.41, 5.74) is -1.15. The average molecular weight is 540 g/mol. The van der Waals surface area contributed by atoms with E-state index in [1.54, 1.807) is 0 Å². The van der Waals surface area contributed by atoms with Crippen LogP contribution in [-0.2, 0) is 31.0 Å². The van der Waals surface area contributed by atoms with Crippen molar-refractivity contribution in [2.75, 3.05) is 32.6 Å². The van der Waals surface area contributed by atoms with E-state index in [1.165, 1.54) is 11.9 Å². The van der Waals surface area contributed by atoms with E-state index in [1.807, 2.05) is 0 Å². The molecule has 1 unspecified atom stereocenters. The van der Waals surface area contributed by atoms with E-state index >= 15 is 0 Å². The van der Waals surface area contributed by atoms with Crippen molar-refractivity contribution in [3.05, 3.63) is 35.4 Å². The molecule has 1 aromatic carbocycles. The molecule has 0 aromatic heterocycles. The number of alkyl halides is 3. The second-order valence-electron chi connectivity index (χ2n) is 9.39. The van der Waals surface area contributed by atoms with Gasteiger partial charge in [0.15, 0.2) is 0 Å². The minimum atomic E-state index is -4.65. The van der Waals surface area contributed by atoms with Gasteiger partial charge in [0.25, 0.3) is 0 Å². The average Bonchev–Trinajstić information content (AvgIpc) is 3.29. The highest BCUT2D eigenvalue weighted by molar-refractivity contribution is 8.03. The summed E-state index contributed by atoms with van der Waals surface area (Å²) in [4.78, 5) is 17.5. The van der Waals surface area contributed by atoms with Crippen LogP contribution in [0.25, 0.3) is 0 Å². The zero-order valence-electron chi connectivity index (χ0n) is 20.0. The highest BCUT2D eigenvalue weighted by Gasteiger charge is 2.45. The zero-order chi connectivity index (χ0) is 26.2. The number of likely N-dealkylation sites (tertiary alicyclic amines) is 1. The van der Waals surface area contributed by atoms with Gasteiger partial charge in [-0.25, -0.2) is 16.8 Å². The van der Waals surface area contributed by atoms with E-state index in [0.717, 1.165) is 57.3 Å². The molecule has 1 aromatic rings. The molecule has 8 nitrogen and oxygen atoms in total. The Kier molecular flexibility index (Phi) is 8.24. The Morgan fingerprint density at radius 3 is 1.94 bits per heavy atom. The van der Waals surface area contributed by atoms with Gasteiger partial charge in [-0.05, 0) is 56.5 Å². The van der Waals surface area contributed by atoms with Gasteiger partial charge in [0.05, 0.1) is 18.1 Å². The highest BCUT2D eigenvalue weighted by Crippen LogP contribution is 2.35. The number of amides is 1. The number of halogens is 3.